The Balaban J connectivity index is 2.24. The molecule has 0 saturated heterocycles. The molecule has 2 rings (SSSR count). The second kappa shape index (κ2) is 3.66. The number of carbonyl (C=O) groups is 2. The second-order valence-electron chi connectivity index (χ2n) is 6.94. The van der Waals surface area contributed by atoms with Crippen molar-refractivity contribution < 1.29 is 9.59 Å². The Hall–Kier alpha value is -0.660. The zero-order chi connectivity index (χ0) is 12.9. The van der Waals surface area contributed by atoms with Crippen molar-refractivity contribution in [2.24, 2.45) is 22.2 Å². The summed E-state index contributed by atoms with van der Waals surface area (Å²) in [4.78, 5) is 22.9. The van der Waals surface area contributed by atoms with Crippen LogP contribution in [0, 0.1) is 22.2 Å². The minimum Gasteiger partial charge on any atom is -0.303 e. The quantitative estimate of drug-likeness (QED) is 0.701. The van der Waals surface area contributed by atoms with Crippen molar-refractivity contribution in [3.05, 3.63) is 0 Å². The monoisotopic (exact) mass is 236 g/mol. The maximum atomic E-state index is 11.7. The molecule has 0 amide bonds. The zero-order valence-electron chi connectivity index (χ0n) is 11.5. The van der Waals surface area contributed by atoms with Crippen molar-refractivity contribution in [2.75, 3.05) is 0 Å². The third-order valence-corrected chi connectivity index (χ3v) is 5.77. The van der Waals surface area contributed by atoms with Gasteiger partial charge in [0.25, 0.3) is 0 Å². The lowest BCUT2D eigenvalue weighted by molar-refractivity contribution is -0.120. The Labute approximate surface area is 104 Å². The predicted octanol–water partition coefficient (Wildman–Crippen LogP) is 3.39. The van der Waals surface area contributed by atoms with Gasteiger partial charge in [-0.3, -0.25) is 0 Å². The molecule has 3 unspecified atom stereocenters. The molecule has 0 aromatic rings. The summed E-state index contributed by atoms with van der Waals surface area (Å²) < 4.78 is 0. The predicted molar refractivity (Wildman–Crippen MR) is 67.6 cm³/mol. The molecule has 0 radical (unpaired) electrons. The summed E-state index contributed by atoms with van der Waals surface area (Å²) in [5.74, 6) is 0.671. The fraction of sp³-hybridized carbons (Fsp3) is 0.867. The van der Waals surface area contributed by atoms with Crippen LogP contribution in [0.2, 0.25) is 0 Å². The fourth-order valence-corrected chi connectivity index (χ4v) is 4.81. The van der Waals surface area contributed by atoms with Gasteiger partial charge in [0.1, 0.15) is 12.1 Å². The van der Waals surface area contributed by atoms with E-state index in [1.54, 1.807) is 6.92 Å². The second-order valence-corrected chi connectivity index (χ2v) is 6.94. The molecule has 17 heavy (non-hydrogen) atoms. The molecular weight excluding hydrogens is 212 g/mol. The van der Waals surface area contributed by atoms with Crippen molar-refractivity contribution >= 4 is 12.1 Å². The highest BCUT2D eigenvalue weighted by Gasteiger charge is 2.78. The molecule has 0 spiro atoms. The smallest absolute Gasteiger partial charge is 0.129 e. The number of carbonyl (C=O) groups excluding carboxylic acids is 2. The standard InChI is InChI=1S/C15H24O2/c1-11(17)6-7-12-14(4)9-5-8-13(2,3)15(12,14)10-16/h10,12H,5-9H2,1-4H3. The number of ketones is 1. The van der Waals surface area contributed by atoms with E-state index in [0.29, 0.717) is 12.3 Å². The van der Waals surface area contributed by atoms with Gasteiger partial charge in [-0.05, 0) is 42.9 Å². The van der Waals surface area contributed by atoms with Crippen LogP contribution >= 0.6 is 0 Å². The number of aldehydes is 1. The largest absolute Gasteiger partial charge is 0.303 e. The average molecular weight is 236 g/mol. The van der Waals surface area contributed by atoms with E-state index in [0.717, 1.165) is 19.3 Å². The molecule has 0 N–H and O–H groups in total. The summed E-state index contributed by atoms with van der Waals surface area (Å²) in [7, 11) is 0. The van der Waals surface area contributed by atoms with Crippen LogP contribution in [0.5, 0.6) is 0 Å². The number of Topliss-reactive ketones (excluding diaryl/α,β-unsaturated/α-hetero) is 1. The van der Waals surface area contributed by atoms with Crippen LogP contribution in [0.1, 0.15) is 59.8 Å². The van der Waals surface area contributed by atoms with E-state index in [1.807, 2.05) is 0 Å². The van der Waals surface area contributed by atoms with Crippen LogP contribution < -0.4 is 0 Å². The van der Waals surface area contributed by atoms with Gasteiger partial charge in [-0.1, -0.05) is 27.2 Å². The van der Waals surface area contributed by atoms with Crippen molar-refractivity contribution in [2.45, 2.75) is 59.8 Å². The molecule has 0 heterocycles. The normalized spacial score (nSPS) is 42.7. The summed E-state index contributed by atoms with van der Waals surface area (Å²) >= 11 is 0. The van der Waals surface area contributed by atoms with Crippen molar-refractivity contribution in [1.82, 2.24) is 0 Å². The Morgan fingerprint density at radius 1 is 1.29 bits per heavy atom. The van der Waals surface area contributed by atoms with Crippen LogP contribution in [0.25, 0.3) is 0 Å². The topological polar surface area (TPSA) is 34.1 Å². The molecule has 2 nitrogen and oxygen atoms in total. The zero-order valence-corrected chi connectivity index (χ0v) is 11.5. The van der Waals surface area contributed by atoms with Gasteiger partial charge in [0.2, 0.25) is 0 Å². The maximum absolute atomic E-state index is 11.7. The molecule has 3 atom stereocenters. The molecule has 2 aliphatic carbocycles. The van der Waals surface area contributed by atoms with Gasteiger partial charge in [0.05, 0.1) is 0 Å². The Kier molecular flexibility index (Phi) is 2.76. The van der Waals surface area contributed by atoms with E-state index in [1.165, 1.54) is 12.7 Å². The summed E-state index contributed by atoms with van der Waals surface area (Å²) in [6.07, 6.45) is 6.25. The van der Waals surface area contributed by atoms with E-state index in [9.17, 15) is 9.59 Å². The highest BCUT2D eigenvalue weighted by atomic mass is 16.1. The first-order chi connectivity index (χ1) is 7.82. The number of hydrogen-bond acceptors (Lipinski definition) is 2. The number of hydrogen-bond donors (Lipinski definition) is 0. The van der Waals surface area contributed by atoms with Crippen LogP contribution in [0.4, 0.5) is 0 Å². The third-order valence-electron chi connectivity index (χ3n) is 5.77. The van der Waals surface area contributed by atoms with Crippen LogP contribution in [0.3, 0.4) is 0 Å². The van der Waals surface area contributed by atoms with E-state index >= 15 is 0 Å². The van der Waals surface area contributed by atoms with Gasteiger partial charge in [0, 0.05) is 11.8 Å². The Bertz CT molecular complexity index is 358. The molecule has 2 saturated carbocycles. The summed E-state index contributed by atoms with van der Waals surface area (Å²) in [5.41, 5.74) is 0.100. The van der Waals surface area contributed by atoms with Gasteiger partial charge in [0.15, 0.2) is 0 Å². The lowest BCUT2D eigenvalue weighted by Gasteiger charge is -2.39. The van der Waals surface area contributed by atoms with Crippen molar-refractivity contribution in [3.8, 4) is 0 Å². The molecule has 0 aromatic heterocycles. The van der Waals surface area contributed by atoms with E-state index in [-0.39, 0.29) is 22.0 Å². The van der Waals surface area contributed by atoms with Gasteiger partial charge < -0.3 is 9.59 Å². The molecule has 2 fully saturated rings. The summed E-state index contributed by atoms with van der Waals surface area (Å²) in [5, 5.41) is 0. The van der Waals surface area contributed by atoms with Crippen LogP contribution in [0.15, 0.2) is 0 Å². The fourth-order valence-electron chi connectivity index (χ4n) is 4.81. The van der Waals surface area contributed by atoms with Gasteiger partial charge >= 0.3 is 0 Å². The average Bonchev–Trinajstić information content (AvgIpc) is 2.76. The molecule has 2 heteroatoms. The van der Waals surface area contributed by atoms with E-state index < -0.39 is 0 Å². The summed E-state index contributed by atoms with van der Waals surface area (Å²) in [6, 6.07) is 0. The Morgan fingerprint density at radius 3 is 2.41 bits per heavy atom. The summed E-state index contributed by atoms with van der Waals surface area (Å²) in [6.45, 7) is 8.36. The lowest BCUT2D eigenvalue weighted by Crippen LogP contribution is -2.35. The van der Waals surface area contributed by atoms with Gasteiger partial charge in [-0.15, -0.1) is 0 Å². The first kappa shape index (κ1) is 12.8. The molecule has 0 bridgehead atoms. The Morgan fingerprint density at radius 2 is 1.94 bits per heavy atom. The van der Waals surface area contributed by atoms with E-state index in [2.05, 4.69) is 20.8 Å². The van der Waals surface area contributed by atoms with Crippen molar-refractivity contribution in [3.63, 3.8) is 0 Å². The number of rotatable bonds is 4. The van der Waals surface area contributed by atoms with Gasteiger partial charge in [-0.2, -0.15) is 0 Å². The molecule has 0 aliphatic heterocycles. The van der Waals surface area contributed by atoms with Crippen LogP contribution in [-0.2, 0) is 9.59 Å². The first-order valence-electron chi connectivity index (χ1n) is 6.77. The first-order valence-corrected chi connectivity index (χ1v) is 6.77. The van der Waals surface area contributed by atoms with Crippen molar-refractivity contribution in [1.29, 1.82) is 0 Å². The lowest BCUT2D eigenvalue weighted by atomic mass is 9.64. The third kappa shape index (κ3) is 1.45. The number of fused-ring (bicyclic) bond motifs is 1. The highest BCUT2D eigenvalue weighted by molar-refractivity contribution is 5.76. The van der Waals surface area contributed by atoms with Crippen LogP contribution in [-0.4, -0.2) is 12.1 Å². The molecule has 96 valence electrons. The molecular formula is C15H24O2. The SMILES string of the molecule is CC(=O)CCC1C2(C)CCCC(C)(C)C12C=O. The molecule has 0 aromatic carbocycles. The highest BCUT2D eigenvalue weighted by Crippen LogP contribution is 2.81. The minimum absolute atomic E-state index is 0.100. The maximum Gasteiger partial charge on any atom is 0.129 e. The molecule has 2 aliphatic rings. The minimum atomic E-state index is -0.159. The van der Waals surface area contributed by atoms with E-state index in [4.69, 9.17) is 0 Å². The van der Waals surface area contributed by atoms with Gasteiger partial charge in [-0.25, -0.2) is 0 Å².